The number of hydrogen-bond acceptors (Lipinski definition) is 11. The zero-order valence-corrected chi connectivity index (χ0v) is 22.0. The first kappa shape index (κ1) is 25.1. The van der Waals surface area contributed by atoms with Crippen molar-refractivity contribution in [1.82, 2.24) is 24.8 Å². The number of rotatable bonds is 11. The van der Waals surface area contributed by atoms with Crippen LogP contribution >= 0.6 is 23.1 Å². The summed E-state index contributed by atoms with van der Waals surface area (Å²) in [5, 5.41) is 13.7. The first-order chi connectivity index (χ1) is 17.6. The van der Waals surface area contributed by atoms with E-state index in [0.717, 1.165) is 72.5 Å². The van der Waals surface area contributed by atoms with Crippen LogP contribution in [0, 0.1) is 12.8 Å². The number of aromatic nitrogens is 4. The van der Waals surface area contributed by atoms with Crippen molar-refractivity contribution in [3.05, 3.63) is 40.9 Å². The fourth-order valence-electron chi connectivity index (χ4n) is 4.09. The van der Waals surface area contributed by atoms with Gasteiger partial charge in [-0.2, -0.15) is 15.0 Å². The Morgan fingerprint density at radius 3 is 2.58 bits per heavy atom. The topological polar surface area (TPSA) is 107 Å². The van der Waals surface area contributed by atoms with Crippen LogP contribution < -0.4 is 10.2 Å². The van der Waals surface area contributed by atoms with Crippen LogP contribution in [0.3, 0.4) is 0 Å². The number of carbonyl (C=O) groups excluding carboxylic acids is 1. The SMILES string of the molecule is Cc1cnc(Nc2nc(Sc3ccc(CC(=O)C4CC4)cc3)nc(N3CCN(CCCO)CC3)n2)s1. The van der Waals surface area contributed by atoms with Crippen molar-refractivity contribution in [2.75, 3.05) is 49.5 Å². The Hall–Kier alpha value is -2.60. The number of Topliss-reactive ketones (excluding diaryl/α,β-unsaturated/α-hetero) is 1. The predicted molar refractivity (Wildman–Crippen MR) is 142 cm³/mol. The molecule has 2 fully saturated rings. The summed E-state index contributed by atoms with van der Waals surface area (Å²) in [6, 6.07) is 8.10. The minimum atomic E-state index is 0.220. The molecule has 0 unspecified atom stereocenters. The normalized spacial score (nSPS) is 16.3. The van der Waals surface area contributed by atoms with Gasteiger partial charge in [0.1, 0.15) is 5.78 Å². The average molecular weight is 526 g/mol. The Kier molecular flexibility index (Phi) is 8.10. The molecule has 11 heteroatoms. The molecule has 0 amide bonds. The van der Waals surface area contributed by atoms with Crippen molar-refractivity contribution >= 4 is 45.9 Å². The highest BCUT2D eigenvalue weighted by Gasteiger charge is 2.29. The number of carbonyl (C=O) groups is 1. The Balaban J connectivity index is 1.31. The summed E-state index contributed by atoms with van der Waals surface area (Å²) in [6.45, 7) is 6.59. The summed E-state index contributed by atoms with van der Waals surface area (Å²) in [6.07, 6.45) is 5.22. The molecule has 9 nitrogen and oxygen atoms in total. The lowest BCUT2D eigenvalue weighted by molar-refractivity contribution is -0.119. The van der Waals surface area contributed by atoms with Crippen molar-refractivity contribution in [2.24, 2.45) is 5.92 Å². The summed E-state index contributed by atoms with van der Waals surface area (Å²) >= 11 is 3.04. The molecule has 0 radical (unpaired) electrons. The maximum absolute atomic E-state index is 12.1. The van der Waals surface area contributed by atoms with E-state index in [1.165, 1.54) is 11.8 Å². The second-order valence-electron chi connectivity index (χ2n) is 9.21. The van der Waals surface area contributed by atoms with Crippen molar-refractivity contribution < 1.29 is 9.90 Å². The number of ketones is 1. The third-order valence-corrected chi connectivity index (χ3v) is 7.98. The number of benzene rings is 1. The molecule has 0 atom stereocenters. The number of piperazine rings is 1. The Bertz CT molecular complexity index is 1180. The molecule has 5 rings (SSSR count). The molecule has 3 aromatic rings. The van der Waals surface area contributed by atoms with Crippen LogP contribution in [0.25, 0.3) is 0 Å². The first-order valence-corrected chi connectivity index (χ1v) is 14.0. The van der Waals surface area contributed by atoms with Gasteiger partial charge in [-0.25, -0.2) is 4.98 Å². The van der Waals surface area contributed by atoms with E-state index in [9.17, 15) is 4.79 Å². The molecule has 2 N–H and O–H groups in total. The number of nitrogens with one attached hydrogen (secondary N) is 1. The average Bonchev–Trinajstić information content (AvgIpc) is 3.66. The molecule has 3 heterocycles. The summed E-state index contributed by atoms with van der Waals surface area (Å²) in [5.41, 5.74) is 1.05. The van der Waals surface area contributed by atoms with Gasteiger partial charge in [0.25, 0.3) is 0 Å². The third-order valence-electron chi connectivity index (χ3n) is 6.27. The van der Waals surface area contributed by atoms with Crippen molar-refractivity contribution in [1.29, 1.82) is 0 Å². The lowest BCUT2D eigenvalue weighted by Crippen LogP contribution is -2.47. The predicted octanol–water partition coefficient (Wildman–Crippen LogP) is 3.56. The summed E-state index contributed by atoms with van der Waals surface area (Å²) in [5.74, 6) is 1.76. The van der Waals surface area contributed by atoms with Crippen LogP contribution in [-0.2, 0) is 11.2 Å². The highest BCUT2D eigenvalue weighted by atomic mass is 32.2. The fraction of sp³-hybridized carbons (Fsp3) is 0.480. The van der Waals surface area contributed by atoms with Crippen LogP contribution in [0.4, 0.5) is 17.0 Å². The molecular weight excluding hydrogens is 494 g/mol. The number of aryl methyl sites for hydroxylation is 1. The molecule has 2 aromatic heterocycles. The summed E-state index contributed by atoms with van der Waals surface area (Å²) in [7, 11) is 0. The molecule has 0 spiro atoms. The highest BCUT2D eigenvalue weighted by Crippen LogP contribution is 2.32. The van der Waals surface area contributed by atoms with E-state index in [4.69, 9.17) is 15.1 Å². The molecule has 1 aromatic carbocycles. The van der Waals surface area contributed by atoms with E-state index in [-0.39, 0.29) is 12.5 Å². The molecule has 1 aliphatic heterocycles. The second kappa shape index (κ2) is 11.6. The van der Waals surface area contributed by atoms with Gasteiger partial charge < -0.3 is 10.0 Å². The Morgan fingerprint density at radius 2 is 1.92 bits per heavy atom. The molecular formula is C25H31N7O2S2. The van der Waals surface area contributed by atoms with Crippen LogP contribution in [0.15, 0.2) is 40.5 Å². The second-order valence-corrected chi connectivity index (χ2v) is 11.5. The molecule has 1 saturated carbocycles. The van der Waals surface area contributed by atoms with Gasteiger partial charge in [-0.05, 0) is 55.6 Å². The number of anilines is 3. The smallest absolute Gasteiger partial charge is 0.234 e. The zero-order valence-electron chi connectivity index (χ0n) is 20.4. The zero-order chi connectivity index (χ0) is 24.9. The van der Waals surface area contributed by atoms with Gasteiger partial charge in [-0.3, -0.25) is 15.0 Å². The van der Waals surface area contributed by atoms with Gasteiger partial charge in [0.2, 0.25) is 11.9 Å². The van der Waals surface area contributed by atoms with Gasteiger partial charge >= 0.3 is 0 Å². The molecule has 2 aliphatic rings. The van der Waals surface area contributed by atoms with Crippen molar-refractivity contribution in [3.63, 3.8) is 0 Å². The third kappa shape index (κ3) is 6.78. The highest BCUT2D eigenvalue weighted by molar-refractivity contribution is 7.99. The quantitative estimate of drug-likeness (QED) is 0.386. The van der Waals surface area contributed by atoms with Crippen LogP contribution in [0.1, 0.15) is 29.7 Å². The minimum absolute atomic E-state index is 0.220. The van der Waals surface area contributed by atoms with Crippen molar-refractivity contribution in [3.8, 4) is 0 Å². The van der Waals surface area contributed by atoms with Gasteiger partial charge in [0.15, 0.2) is 10.3 Å². The largest absolute Gasteiger partial charge is 0.396 e. The molecule has 1 saturated heterocycles. The van der Waals surface area contributed by atoms with Crippen LogP contribution in [-0.4, -0.2) is 75.1 Å². The van der Waals surface area contributed by atoms with E-state index in [2.05, 4.69) is 25.1 Å². The number of aliphatic hydroxyl groups excluding tert-OH is 1. The van der Waals surface area contributed by atoms with Crippen molar-refractivity contribution in [2.45, 2.75) is 42.7 Å². The number of thiazole rings is 1. The standard InChI is InChI=1S/C25H31N7O2S2/c1-17-16-26-24(35-17)28-22-27-23(32-12-10-31(11-13-32)9-2-14-33)30-25(29-22)36-20-7-3-18(4-8-20)15-21(34)19-5-6-19/h3-4,7-8,16,19,33H,2,5-6,9-15H2,1H3,(H,26,27,28,29,30). The van der Waals surface area contributed by atoms with E-state index < -0.39 is 0 Å². The van der Waals surface area contributed by atoms with Gasteiger partial charge in [-0.1, -0.05) is 12.1 Å². The van der Waals surface area contributed by atoms with Crippen LogP contribution in [0.2, 0.25) is 0 Å². The van der Waals surface area contributed by atoms with E-state index in [1.54, 1.807) is 11.3 Å². The molecule has 36 heavy (non-hydrogen) atoms. The monoisotopic (exact) mass is 525 g/mol. The summed E-state index contributed by atoms with van der Waals surface area (Å²) in [4.78, 5) is 37.4. The van der Waals surface area contributed by atoms with E-state index >= 15 is 0 Å². The number of hydrogen-bond donors (Lipinski definition) is 2. The fourth-order valence-corrected chi connectivity index (χ4v) is 5.49. The van der Waals surface area contributed by atoms with E-state index in [1.807, 2.05) is 37.4 Å². The number of aliphatic hydroxyl groups is 1. The Morgan fingerprint density at radius 1 is 1.14 bits per heavy atom. The lowest BCUT2D eigenvalue weighted by Gasteiger charge is -2.34. The maximum atomic E-state index is 12.1. The molecule has 1 aliphatic carbocycles. The van der Waals surface area contributed by atoms with E-state index in [0.29, 0.717) is 29.3 Å². The van der Waals surface area contributed by atoms with Gasteiger partial charge in [0.05, 0.1) is 0 Å². The summed E-state index contributed by atoms with van der Waals surface area (Å²) < 4.78 is 0. The molecule has 0 bridgehead atoms. The maximum Gasteiger partial charge on any atom is 0.234 e. The number of nitrogens with zero attached hydrogens (tertiary/aromatic N) is 6. The first-order valence-electron chi connectivity index (χ1n) is 12.4. The Labute approximate surface area is 219 Å². The molecule has 190 valence electrons. The minimum Gasteiger partial charge on any atom is -0.396 e. The van der Waals surface area contributed by atoms with Gasteiger partial charge in [-0.15, -0.1) is 11.3 Å². The van der Waals surface area contributed by atoms with Crippen LogP contribution in [0.5, 0.6) is 0 Å². The lowest BCUT2D eigenvalue weighted by atomic mass is 10.1. The van der Waals surface area contributed by atoms with Gasteiger partial charge in [0, 0.05) is 67.6 Å².